The second-order valence-corrected chi connectivity index (χ2v) is 2.65. The summed E-state index contributed by atoms with van der Waals surface area (Å²) in [6, 6.07) is -0.949. The third-order valence-corrected chi connectivity index (χ3v) is 1.58. The number of carboxylic acid groups (broad SMARTS) is 1. The Balaban J connectivity index is 2.58. The van der Waals surface area contributed by atoms with Gasteiger partial charge >= 0.3 is 5.97 Å². The minimum Gasteiger partial charge on any atom is -0.480 e. The van der Waals surface area contributed by atoms with Crippen LogP contribution < -0.4 is 5.73 Å². The Kier molecular flexibility index (Phi) is 2.99. The zero-order valence-electron chi connectivity index (χ0n) is 6.90. The van der Waals surface area contributed by atoms with Crippen molar-refractivity contribution in [2.75, 3.05) is 0 Å². The molecule has 0 aromatic carbocycles. The fourth-order valence-corrected chi connectivity index (χ4v) is 0.903. The minimum atomic E-state index is -1.06. The van der Waals surface area contributed by atoms with Crippen LogP contribution in [-0.4, -0.2) is 32.2 Å². The molecule has 13 heavy (non-hydrogen) atoms. The Morgan fingerprint density at radius 2 is 2.46 bits per heavy atom. The van der Waals surface area contributed by atoms with E-state index in [1.165, 1.54) is 6.20 Å². The molecule has 0 aliphatic carbocycles. The number of H-pyrrole nitrogens is 1. The van der Waals surface area contributed by atoms with Crippen LogP contribution in [0.1, 0.15) is 11.5 Å². The number of nitrogens with two attached hydrogens (primary N) is 1. The average molecular weight is 185 g/mol. The predicted octanol–water partition coefficient (Wildman–Crippen LogP) is -1.14. The van der Waals surface area contributed by atoms with Crippen molar-refractivity contribution >= 4 is 5.97 Å². The van der Waals surface area contributed by atoms with Crippen molar-refractivity contribution in [3.05, 3.63) is 17.7 Å². The standard InChI is InChI=1S/C7H11N3O3/c8-5(7(12)13)1-4-2-9-6(3-11)10-4/h2,5,11H,1,3,8H2,(H,9,10)(H,12,13)/t5-/m0/s1. The van der Waals surface area contributed by atoms with Gasteiger partial charge in [0.2, 0.25) is 0 Å². The molecule has 0 amide bonds. The molecule has 6 heteroatoms. The molecule has 6 nitrogen and oxygen atoms in total. The molecule has 0 fully saturated rings. The van der Waals surface area contributed by atoms with Crippen LogP contribution in [0.5, 0.6) is 0 Å². The molecule has 0 radical (unpaired) electrons. The summed E-state index contributed by atoms with van der Waals surface area (Å²) < 4.78 is 0. The first-order chi connectivity index (χ1) is 6.13. The molecule has 72 valence electrons. The first-order valence-electron chi connectivity index (χ1n) is 3.76. The van der Waals surface area contributed by atoms with Crippen LogP contribution in [0.15, 0.2) is 6.20 Å². The van der Waals surface area contributed by atoms with Crippen LogP contribution in [0.2, 0.25) is 0 Å². The molecule has 1 aromatic heterocycles. The van der Waals surface area contributed by atoms with Gasteiger partial charge in [0, 0.05) is 12.6 Å². The summed E-state index contributed by atoms with van der Waals surface area (Å²) in [5.41, 5.74) is 5.82. The highest BCUT2D eigenvalue weighted by atomic mass is 16.4. The minimum absolute atomic E-state index is 0.159. The lowest BCUT2D eigenvalue weighted by atomic mass is 10.2. The topological polar surface area (TPSA) is 112 Å². The van der Waals surface area contributed by atoms with Crippen molar-refractivity contribution < 1.29 is 15.0 Å². The van der Waals surface area contributed by atoms with Gasteiger partial charge < -0.3 is 20.9 Å². The number of aliphatic carboxylic acids is 1. The molecule has 0 saturated heterocycles. The van der Waals surface area contributed by atoms with Gasteiger partial charge in [0.1, 0.15) is 18.5 Å². The fourth-order valence-electron chi connectivity index (χ4n) is 0.903. The van der Waals surface area contributed by atoms with Crippen LogP contribution in [0.25, 0.3) is 0 Å². The second-order valence-electron chi connectivity index (χ2n) is 2.65. The van der Waals surface area contributed by atoms with Gasteiger partial charge in [-0.25, -0.2) is 4.98 Å². The van der Waals surface area contributed by atoms with E-state index in [1.807, 2.05) is 0 Å². The van der Waals surface area contributed by atoms with Gasteiger partial charge in [-0.2, -0.15) is 0 Å². The van der Waals surface area contributed by atoms with Gasteiger partial charge in [-0.3, -0.25) is 4.79 Å². The van der Waals surface area contributed by atoms with E-state index in [-0.39, 0.29) is 13.0 Å². The smallest absolute Gasteiger partial charge is 0.320 e. The summed E-state index contributed by atoms with van der Waals surface area (Å²) in [7, 11) is 0. The number of aromatic nitrogens is 2. The Morgan fingerprint density at radius 3 is 2.92 bits per heavy atom. The number of hydrogen-bond donors (Lipinski definition) is 4. The van der Waals surface area contributed by atoms with E-state index in [9.17, 15) is 4.79 Å². The Hall–Kier alpha value is -1.40. The monoisotopic (exact) mass is 185 g/mol. The molecule has 1 atom stereocenters. The summed E-state index contributed by atoms with van der Waals surface area (Å²) in [5.74, 6) is -0.652. The van der Waals surface area contributed by atoms with E-state index in [0.717, 1.165) is 0 Å². The fraction of sp³-hybridized carbons (Fsp3) is 0.429. The lowest BCUT2D eigenvalue weighted by Gasteiger charge is -2.01. The van der Waals surface area contributed by atoms with Crippen LogP contribution in [-0.2, 0) is 17.8 Å². The van der Waals surface area contributed by atoms with E-state index < -0.39 is 12.0 Å². The SMILES string of the molecule is N[C@@H](Cc1c[nH]c(CO)n1)C(=O)O. The van der Waals surface area contributed by atoms with E-state index >= 15 is 0 Å². The first-order valence-corrected chi connectivity index (χ1v) is 3.76. The van der Waals surface area contributed by atoms with E-state index in [0.29, 0.717) is 11.5 Å². The van der Waals surface area contributed by atoms with E-state index in [2.05, 4.69) is 9.97 Å². The lowest BCUT2D eigenvalue weighted by molar-refractivity contribution is -0.138. The zero-order valence-corrected chi connectivity index (χ0v) is 6.90. The van der Waals surface area contributed by atoms with Crippen LogP contribution in [0, 0.1) is 0 Å². The Morgan fingerprint density at radius 1 is 1.77 bits per heavy atom. The van der Waals surface area contributed by atoms with Gasteiger partial charge in [-0.1, -0.05) is 0 Å². The average Bonchev–Trinajstić information content (AvgIpc) is 2.52. The molecule has 0 bridgehead atoms. The number of imidazole rings is 1. The quantitative estimate of drug-likeness (QED) is 0.473. The molecule has 1 rings (SSSR count). The Labute approximate surface area is 74.4 Å². The number of carboxylic acids is 1. The number of aromatic amines is 1. The van der Waals surface area contributed by atoms with Crippen molar-refractivity contribution in [1.82, 2.24) is 9.97 Å². The number of nitrogens with zero attached hydrogens (tertiary/aromatic N) is 1. The van der Waals surface area contributed by atoms with Gasteiger partial charge in [0.15, 0.2) is 0 Å². The molecular formula is C7H11N3O3. The zero-order chi connectivity index (χ0) is 9.84. The molecule has 5 N–H and O–H groups in total. The molecule has 1 aromatic rings. The largest absolute Gasteiger partial charge is 0.480 e. The maximum atomic E-state index is 10.4. The molecule has 0 aliphatic heterocycles. The summed E-state index contributed by atoms with van der Waals surface area (Å²) in [6.45, 7) is -0.192. The third-order valence-electron chi connectivity index (χ3n) is 1.58. The number of nitrogens with one attached hydrogen (secondary N) is 1. The highest BCUT2D eigenvalue weighted by Crippen LogP contribution is 2.00. The summed E-state index contributed by atoms with van der Waals surface area (Å²) in [4.78, 5) is 17.0. The molecule has 0 saturated carbocycles. The molecule has 0 unspecified atom stereocenters. The molecule has 0 aliphatic rings. The third kappa shape index (κ3) is 2.53. The predicted molar refractivity (Wildman–Crippen MR) is 43.8 cm³/mol. The number of rotatable bonds is 4. The highest BCUT2D eigenvalue weighted by Gasteiger charge is 2.13. The van der Waals surface area contributed by atoms with Crippen LogP contribution in [0.3, 0.4) is 0 Å². The maximum Gasteiger partial charge on any atom is 0.320 e. The number of aliphatic hydroxyl groups is 1. The van der Waals surface area contributed by atoms with Crippen molar-refractivity contribution in [3.63, 3.8) is 0 Å². The van der Waals surface area contributed by atoms with E-state index in [4.69, 9.17) is 15.9 Å². The summed E-state index contributed by atoms with van der Waals surface area (Å²) >= 11 is 0. The van der Waals surface area contributed by atoms with Crippen molar-refractivity contribution in [2.45, 2.75) is 19.1 Å². The molecule has 1 heterocycles. The van der Waals surface area contributed by atoms with Crippen LogP contribution >= 0.6 is 0 Å². The van der Waals surface area contributed by atoms with Gasteiger partial charge in [0.05, 0.1) is 5.69 Å². The number of hydrogen-bond acceptors (Lipinski definition) is 4. The normalized spacial score (nSPS) is 12.8. The number of carbonyl (C=O) groups is 1. The Bertz CT molecular complexity index is 297. The summed E-state index contributed by atoms with van der Waals surface area (Å²) in [5, 5.41) is 17.1. The number of aliphatic hydroxyl groups excluding tert-OH is 1. The lowest BCUT2D eigenvalue weighted by Crippen LogP contribution is -2.32. The second kappa shape index (κ2) is 4.01. The first kappa shape index (κ1) is 9.69. The van der Waals surface area contributed by atoms with E-state index in [1.54, 1.807) is 0 Å². The maximum absolute atomic E-state index is 10.4. The van der Waals surface area contributed by atoms with Gasteiger partial charge in [0.25, 0.3) is 0 Å². The van der Waals surface area contributed by atoms with Crippen molar-refractivity contribution in [3.8, 4) is 0 Å². The highest BCUT2D eigenvalue weighted by molar-refractivity contribution is 5.73. The summed E-state index contributed by atoms with van der Waals surface area (Å²) in [6.07, 6.45) is 1.69. The van der Waals surface area contributed by atoms with Crippen LogP contribution in [0.4, 0.5) is 0 Å². The molecule has 0 spiro atoms. The van der Waals surface area contributed by atoms with Crippen molar-refractivity contribution in [1.29, 1.82) is 0 Å². The van der Waals surface area contributed by atoms with Gasteiger partial charge in [-0.05, 0) is 0 Å². The molecular weight excluding hydrogens is 174 g/mol. The van der Waals surface area contributed by atoms with Crippen molar-refractivity contribution in [2.24, 2.45) is 5.73 Å². The van der Waals surface area contributed by atoms with Gasteiger partial charge in [-0.15, -0.1) is 0 Å².